The van der Waals surface area contributed by atoms with Gasteiger partial charge in [0.1, 0.15) is 0 Å². The molecule has 2 amide bonds. The number of carboxylic acid groups (broad SMARTS) is 1. The van der Waals surface area contributed by atoms with Crippen LogP contribution >= 0.6 is 0 Å². The summed E-state index contributed by atoms with van der Waals surface area (Å²) in [5.41, 5.74) is 5.89. The molecule has 5 heteroatoms. The van der Waals surface area contributed by atoms with Gasteiger partial charge in [-0.05, 0) is 30.5 Å². The molecule has 1 aromatic rings. The van der Waals surface area contributed by atoms with Crippen LogP contribution in [0.3, 0.4) is 0 Å². The highest BCUT2D eigenvalue weighted by atomic mass is 16.4. The standard InChI is InChI=1S/C13H16N2O3/c1-15(12(14)18)10-5-3-9(4-6-10)13(11(16)17)7-2-8-13/h3-6H,2,7-8H2,1H3,(H2,14,18)(H,16,17). The second-order valence-corrected chi connectivity index (χ2v) is 4.68. The molecule has 18 heavy (non-hydrogen) atoms. The summed E-state index contributed by atoms with van der Waals surface area (Å²) >= 11 is 0. The fourth-order valence-corrected chi connectivity index (χ4v) is 2.29. The number of carboxylic acids is 1. The minimum atomic E-state index is -0.773. The highest BCUT2D eigenvalue weighted by Crippen LogP contribution is 2.44. The fourth-order valence-electron chi connectivity index (χ4n) is 2.29. The molecular formula is C13H16N2O3. The Balaban J connectivity index is 2.27. The van der Waals surface area contributed by atoms with Gasteiger partial charge in [-0.1, -0.05) is 18.6 Å². The summed E-state index contributed by atoms with van der Waals surface area (Å²) in [5, 5.41) is 9.32. The number of rotatable bonds is 3. The largest absolute Gasteiger partial charge is 0.481 e. The minimum Gasteiger partial charge on any atom is -0.481 e. The molecule has 0 unspecified atom stereocenters. The number of amides is 2. The van der Waals surface area contributed by atoms with Gasteiger partial charge in [-0.25, -0.2) is 4.79 Å². The van der Waals surface area contributed by atoms with Gasteiger partial charge >= 0.3 is 12.0 Å². The number of carbonyl (C=O) groups excluding carboxylic acids is 1. The van der Waals surface area contributed by atoms with Gasteiger partial charge in [0.15, 0.2) is 0 Å². The molecular weight excluding hydrogens is 232 g/mol. The van der Waals surface area contributed by atoms with E-state index in [-0.39, 0.29) is 0 Å². The number of urea groups is 1. The summed E-state index contributed by atoms with van der Waals surface area (Å²) in [6.45, 7) is 0. The van der Waals surface area contributed by atoms with Crippen molar-refractivity contribution in [3.05, 3.63) is 29.8 Å². The van der Waals surface area contributed by atoms with Crippen molar-refractivity contribution in [2.75, 3.05) is 11.9 Å². The van der Waals surface area contributed by atoms with Crippen LogP contribution in [-0.2, 0) is 10.2 Å². The number of aliphatic carboxylic acids is 1. The number of primary amides is 1. The smallest absolute Gasteiger partial charge is 0.318 e. The van der Waals surface area contributed by atoms with Crippen LogP contribution in [0.5, 0.6) is 0 Å². The lowest BCUT2D eigenvalue weighted by Gasteiger charge is -2.38. The van der Waals surface area contributed by atoms with Crippen LogP contribution in [0.1, 0.15) is 24.8 Å². The molecule has 1 fully saturated rings. The van der Waals surface area contributed by atoms with Crippen molar-refractivity contribution in [2.45, 2.75) is 24.7 Å². The van der Waals surface area contributed by atoms with Crippen LogP contribution in [0.2, 0.25) is 0 Å². The van der Waals surface area contributed by atoms with Crippen molar-refractivity contribution in [3.63, 3.8) is 0 Å². The molecule has 1 aromatic carbocycles. The first-order chi connectivity index (χ1) is 8.47. The molecule has 1 aliphatic rings. The molecule has 0 bridgehead atoms. The summed E-state index contributed by atoms with van der Waals surface area (Å²) in [6.07, 6.45) is 2.29. The van der Waals surface area contributed by atoms with Gasteiger partial charge in [0.25, 0.3) is 0 Å². The summed E-state index contributed by atoms with van der Waals surface area (Å²) in [6, 6.07) is 6.44. The third kappa shape index (κ3) is 1.81. The van der Waals surface area contributed by atoms with E-state index in [2.05, 4.69) is 0 Å². The SMILES string of the molecule is CN(C(N)=O)c1ccc(C2(C(=O)O)CCC2)cc1. The molecule has 0 heterocycles. The topological polar surface area (TPSA) is 83.6 Å². The van der Waals surface area contributed by atoms with E-state index in [1.165, 1.54) is 4.90 Å². The third-order valence-corrected chi connectivity index (χ3v) is 3.75. The Morgan fingerprint density at radius 2 is 1.83 bits per heavy atom. The second-order valence-electron chi connectivity index (χ2n) is 4.68. The Morgan fingerprint density at radius 1 is 1.28 bits per heavy atom. The zero-order valence-electron chi connectivity index (χ0n) is 10.2. The number of nitrogens with zero attached hydrogens (tertiary/aromatic N) is 1. The predicted octanol–water partition coefficient (Wildman–Crippen LogP) is 1.71. The summed E-state index contributed by atoms with van der Waals surface area (Å²) < 4.78 is 0. The van der Waals surface area contributed by atoms with Crippen LogP contribution in [0.25, 0.3) is 0 Å². The van der Waals surface area contributed by atoms with Crippen molar-refractivity contribution < 1.29 is 14.7 Å². The van der Waals surface area contributed by atoms with Gasteiger partial charge in [-0.2, -0.15) is 0 Å². The van der Waals surface area contributed by atoms with E-state index >= 15 is 0 Å². The molecule has 3 N–H and O–H groups in total. The van der Waals surface area contributed by atoms with Crippen LogP contribution < -0.4 is 10.6 Å². The van der Waals surface area contributed by atoms with Gasteiger partial charge in [0, 0.05) is 12.7 Å². The lowest BCUT2D eigenvalue weighted by molar-refractivity contribution is -0.147. The van der Waals surface area contributed by atoms with Gasteiger partial charge < -0.3 is 10.8 Å². The Morgan fingerprint density at radius 3 is 2.17 bits per heavy atom. The molecule has 1 aliphatic carbocycles. The molecule has 1 saturated carbocycles. The molecule has 0 atom stereocenters. The van der Waals surface area contributed by atoms with Gasteiger partial charge in [0.05, 0.1) is 5.41 Å². The van der Waals surface area contributed by atoms with Crippen molar-refractivity contribution in [1.82, 2.24) is 0 Å². The number of carbonyl (C=O) groups is 2. The van der Waals surface area contributed by atoms with E-state index in [1.807, 2.05) is 0 Å². The minimum absolute atomic E-state index is 0.542. The maximum Gasteiger partial charge on any atom is 0.318 e. The van der Waals surface area contributed by atoms with Crippen LogP contribution in [0.15, 0.2) is 24.3 Å². The maximum atomic E-state index is 11.3. The quantitative estimate of drug-likeness (QED) is 0.854. The first kappa shape index (κ1) is 12.4. The normalized spacial score (nSPS) is 16.7. The molecule has 96 valence electrons. The zero-order chi connectivity index (χ0) is 13.3. The van der Waals surface area contributed by atoms with E-state index in [0.29, 0.717) is 18.5 Å². The molecule has 0 radical (unpaired) electrons. The van der Waals surface area contributed by atoms with Crippen molar-refractivity contribution in [3.8, 4) is 0 Å². The Hall–Kier alpha value is -2.04. The number of anilines is 1. The Bertz CT molecular complexity index is 478. The highest BCUT2D eigenvalue weighted by molar-refractivity contribution is 5.90. The average Bonchev–Trinajstić information content (AvgIpc) is 2.27. The first-order valence-corrected chi connectivity index (χ1v) is 5.84. The highest BCUT2D eigenvalue weighted by Gasteiger charge is 2.45. The molecule has 2 rings (SSSR count). The molecule has 5 nitrogen and oxygen atoms in total. The Kier molecular flexibility index (Phi) is 2.98. The van der Waals surface area contributed by atoms with Crippen molar-refractivity contribution in [2.24, 2.45) is 5.73 Å². The molecule has 0 saturated heterocycles. The van der Waals surface area contributed by atoms with Crippen molar-refractivity contribution in [1.29, 1.82) is 0 Å². The molecule has 0 aromatic heterocycles. The number of benzene rings is 1. The first-order valence-electron chi connectivity index (χ1n) is 5.84. The zero-order valence-corrected chi connectivity index (χ0v) is 10.2. The number of hydrogen-bond donors (Lipinski definition) is 2. The lowest BCUT2D eigenvalue weighted by Crippen LogP contribution is -2.42. The van der Waals surface area contributed by atoms with E-state index in [4.69, 9.17) is 5.73 Å². The predicted molar refractivity (Wildman–Crippen MR) is 67.6 cm³/mol. The molecule has 0 aliphatic heterocycles. The maximum absolute atomic E-state index is 11.3. The molecule has 0 spiro atoms. The number of nitrogens with two attached hydrogens (primary N) is 1. The lowest BCUT2D eigenvalue weighted by atomic mass is 9.64. The monoisotopic (exact) mass is 248 g/mol. The van der Waals surface area contributed by atoms with Gasteiger partial charge in [0.2, 0.25) is 0 Å². The van der Waals surface area contributed by atoms with E-state index in [9.17, 15) is 14.7 Å². The van der Waals surface area contributed by atoms with Gasteiger partial charge in [-0.3, -0.25) is 9.69 Å². The van der Waals surface area contributed by atoms with E-state index < -0.39 is 17.4 Å². The summed E-state index contributed by atoms with van der Waals surface area (Å²) in [7, 11) is 1.58. The third-order valence-electron chi connectivity index (χ3n) is 3.75. The number of hydrogen-bond acceptors (Lipinski definition) is 2. The van der Waals surface area contributed by atoms with Crippen LogP contribution in [-0.4, -0.2) is 24.2 Å². The summed E-state index contributed by atoms with van der Waals surface area (Å²) in [4.78, 5) is 23.7. The second kappa shape index (κ2) is 4.33. The van der Waals surface area contributed by atoms with Crippen LogP contribution in [0, 0.1) is 0 Å². The fraction of sp³-hybridized carbons (Fsp3) is 0.385. The summed E-state index contributed by atoms with van der Waals surface area (Å²) in [5.74, 6) is -0.773. The van der Waals surface area contributed by atoms with Crippen molar-refractivity contribution >= 4 is 17.7 Å². The van der Waals surface area contributed by atoms with E-state index in [0.717, 1.165) is 12.0 Å². The van der Waals surface area contributed by atoms with Crippen LogP contribution in [0.4, 0.5) is 10.5 Å². The van der Waals surface area contributed by atoms with Gasteiger partial charge in [-0.15, -0.1) is 0 Å². The van der Waals surface area contributed by atoms with E-state index in [1.54, 1.807) is 31.3 Å². The Labute approximate surface area is 105 Å². The average molecular weight is 248 g/mol.